The number of thioether (sulfide) groups is 1. The molecule has 3 heterocycles. The van der Waals surface area contributed by atoms with Gasteiger partial charge in [-0.1, -0.05) is 83.2 Å². The second kappa shape index (κ2) is 27.3. The minimum Gasteiger partial charge on any atom is -0.386 e. The Hall–Kier alpha value is -2.70. The number of aromatic nitrogens is 4. The molecule has 3 rings (SSSR count). The lowest BCUT2D eigenvalue weighted by Gasteiger charge is -2.30. The Morgan fingerprint density at radius 3 is 2.25 bits per heavy atom. The van der Waals surface area contributed by atoms with E-state index in [0.717, 1.165) is 73.9 Å². The van der Waals surface area contributed by atoms with Crippen LogP contribution in [0, 0.1) is 5.41 Å². The van der Waals surface area contributed by atoms with E-state index in [2.05, 4.69) is 53.5 Å². The molecule has 0 spiro atoms. The molecule has 7 atom stereocenters. The molecule has 0 aromatic carbocycles. The van der Waals surface area contributed by atoms with Crippen LogP contribution in [0.2, 0.25) is 0 Å². The fourth-order valence-corrected chi connectivity index (χ4v) is 9.90. The fraction of sp³-hybridized carbons (Fsp3) is 0.730. The Bertz CT molecular complexity index is 2010. The third-order valence-electron chi connectivity index (χ3n) is 9.91. The van der Waals surface area contributed by atoms with Crippen molar-refractivity contribution in [2.24, 2.45) is 5.41 Å². The molecule has 2 amide bonds. The van der Waals surface area contributed by atoms with Gasteiger partial charge in [0.25, 0.3) is 0 Å². The lowest BCUT2D eigenvalue weighted by Crippen LogP contribution is -2.46. The van der Waals surface area contributed by atoms with E-state index in [1.54, 1.807) is 0 Å². The molecular formula is C37H64N7O17P3S. The summed E-state index contributed by atoms with van der Waals surface area (Å²) in [6, 6.07) is 0. The van der Waals surface area contributed by atoms with Crippen molar-refractivity contribution < 1.29 is 80.5 Å². The van der Waals surface area contributed by atoms with Gasteiger partial charge in [-0.2, -0.15) is 4.31 Å². The molecule has 28 heteroatoms. The lowest BCUT2D eigenvalue weighted by atomic mass is 9.87. The van der Waals surface area contributed by atoms with Crippen LogP contribution < -0.4 is 16.4 Å². The standard InChI is InChI=1S/C37H64N7O17P3S/c1-4-5-6-7-8-9-10-11-12-13-14-15-16-17-28(46)65-21-20-39-27(45)18-19-40-35(49)32(48)37(2,3)23-58-64(55,56)61-63(53,54)57-22-26-31(60-62(50,51)52)30(47)36(59-26)44-25-43-29-33(38)41-24-42-34(29)44/h9-10,24-26,30-32,36,47-48H,4-8,11-23H2,1-3H3,(H,39,45)(H,40,49)(H,53,54)(H,55,56)(H2,38,41,42)(H2,50,51,52)/b10-9+. The maximum atomic E-state index is 12.7. The average Bonchev–Trinajstić information content (AvgIpc) is 3.79. The number of hydrogen-bond donors (Lipinski definition) is 9. The number of nitrogens with one attached hydrogen (secondary N) is 2. The number of aliphatic hydroxyl groups is 2. The smallest absolute Gasteiger partial charge is 0.386 e. The highest BCUT2D eigenvalue weighted by Gasteiger charge is 2.50. The minimum atomic E-state index is -5.57. The molecule has 1 aliphatic rings. The van der Waals surface area contributed by atoms with Crippen molar-refractivity contribution >= 4 is 69.1 Å². The van der Waals surface area contributed by atoms with Gasteiger partial charge < -0.3 is 50.9 Å². The van der Waals surface area contributed by atoms with Crippen molar-refractivity contribution in [3.05, 3.63) is 24.8 Å². The third kappa shape index (κ3) is 20.6. The van der Waals surface area contributed by atoms with E-state index in [9.17, 15) is 57.9 Å². The second-order valence-corrected chi connectivity index (χ2v) is 21.3. The molecule has 10 N–H and O–H groups in total. The summed E-state index contributed by atoms with van der Waals surface area (Å²) in [6.45, 7) is 2.77. The summed E-state index contributed by atoms with van der Waals surface area (Å²) in [5.74, 6) is -1.03. The topological polar surface area (TPSA) is 364 Å². The SMILES string of the molecule is CCCCCC/C=C/CCCCCCCC(=O)SCCNC(=O)CCNC(=O)C(O)C(C)(C)COP(=O)(O)OP(=O)(O)OCC1OC(n2cnc3c(N)ncnc32)C(O)C1OP(=O)(O)O. The van der Waals surface area contributed by atoms with Gasteiger partial charge in [-0.3, -0.25) is 32.5 Å². The molecular weight excluding hydrogens is 939 g/mol. The van der Waals surface area contributed by atoms with Gasteiger partial charge in [0, 0.05) is 37.1 Å². The second-order valence-electron chi connectivity index (χ2n) is 15.9. The number of fused-ring (bicyclic) bond motifs is 1. The zero-order valence-corrected chi connectivity index (χ0v) is 40.2. The van der Waals surface area contributed by atoms with Crippen molar-refractivity contribution in [3.63, 3.8) is 0 Å². The molecule has 0 saturated carbocycles. The number of aliphatic hydroxyl groups excluding tert-OH is 2. The van der Waals surface area contributed by atoms with E-state index in [4.69, 9.17) is 19.5 Å². The number of carbonyl (C=O) groups is 3. The monoisotopic (exact) mass is 1000 g/mol. The van der Waals surface area contributed by atoms with Crippen LogP contribution in [0.4, 0.5) is 5.82 Å². The summed E-state index contributed by atoms with van der Waals surface area (Å²) in [7, 11) is -16.4. The molecule has 2 aromatic heterocycles. The Balaban J connectivity index is 1.33. The van der Waals surface area contributed by atoms with Crippen molar-refractivity contribution in [2.75, 3.05) is 37.8 Å². The maximum Gasteiger partial charge on any atom is 0.481 e. The first-order valence-corrected chi connectivity index (χ1v) is 26.8. The van der Waals surface area contributed by atoms with E-state index < -0.39 is 84.6 Å². The normalized spacial score (nSPS) is 20.4. The highest BCUT2D eigenvalue weighted by Crippen LogP contribution is 2.61. The van der Waals surface area contributed by atoms with Crippen LogP contribution in [0.1, 0.15) is 110 Å². The molecule has 7 unspecified atom stereocenters. The van der Waals surface area contributed by atoms with E-state index in [-0.39, 0.29) is 41.6 Å². The van der Waals surface area contributed by atoms with Gasteiger partial charge in [0.15, 0.2) is 22.8 Å². The molecule has 370 valence electrons. The van der Waals surface area contributed by atoms with Crippen LogP contribution in [-0.2, 0) is 50.7 Å². The zero-order chi connectivity index (χ0) is 48.3. The molecule has 1 aliphatic heterocycles. The van der Waals surface area contributed by atoms with Crippen LogP contribution in [-0.4, -0.2) is 123 Å². The van der Waals surface area contributed by atoms with E-state index in [1.165, 1.54) is 39.5 Å². The first kappa shape index (κ1) is 56.6. The third-order valence-corrected chi connectivity index (χ3v) is 13.9. The first-order chi connectivity index (χ1) is 30.6. The van der Waals surface area contributed by atoms with Crippen LogP contribution in [0.3, 0.4) is 0 Å². The quantitative estimate of drug-likeness (QED) is 0.0285. The number of nitrogens with two attached hydrogens (primary N) is 1. The maximum absolute atomic E-state index is 12.7. The Morgan fingerprint density at radius 1 is 0.923 bits per heavy atom. The van der Waals surface area contributed by atoms with Crippen LogP contribution in [0.15, 0.2) is 24.8 Å². The van der Waals surface area contributed by atoms with Crippen LogP contribution in [0.5, 0.6) is 0 Å². The summed E-state index contributed by atoms with van der Waals surface area (Å²) in [5.41, 5.74) is 4.28. The van der Waals surface area contributed by atoms with E-state index in [0.29, 0.717) is 12.2 Å². The van der Waals surface area contributed by atoms with Gasteiger partial charge in [0.2, 0.25) is 11.8 Å². The number of anilines is 1. The molecule has 1 fully saturated rings. The highest BCUT2D eigenvalue weighted by atomic mass is 32.2. The predicted octanol–water partition coefficient (Wildman–Crippen LogP) is 3.92. The number of unbranched alkanes of at least 4 members (excludes halogenated alkanes) is 9. The van der Waals surface area contributed by atoms with Gasteiger partial charge in [0.1, 0.15) is 36.3 Å². The van der Waals surface area contributed by atoms with Crippen LogP contribution in [0.25, 0.3) is 11.2 Å². The molecule has 2 aromatic rings. The van der Waals surface area contributed by atoms with Gasteiger partial charge >= 0.3 is 23.5 Å². The number of carbonyl (C=O) groups excluding carboxylic acids is 3. The van der Waals surface area contributed by atoms with Crippen molar-refractivity contribution in [1.29, 1.82) is 0 Å². The van der Waals surface area contributed by atoms with E-state index >= 15 is 0 Å². The number of phosphoric acid groups is 3. The Morgan fingerprint density at radius 2 is 1.57 bits per heavy atom. The number of nitrogen functional groups attached to an aromatic ring is 1. The Kier molecular flexibility index (Phi) is 23.8. The highest BCUT2D eigenvalue weighted by molar-refractivity contribution is 8.13. The summed E-state index contributed by atoms with van der Waals surface area (Å²) in [6.07, 6.45) is 10.7. The lowest BCUT2D eigenvalue weighted by molar-refractivity contribution is -0.137. The zero-order valence-electron chi connectivity index (χ0n) is 36.7. The molecule has 24 nitrogen and oxygen atoms in total. The van der Waals surface area contributed by atoms with Crippen LogP contribution >= 0.6 is 35.2 Å². The number of amides is 2. The number of ether oxygens (including phenoxy) is 1. The largest absolute Gasteiger partial charge is 0.481 e. The number of imidazole rings is 1. The molecule has 1 saturated heterocycles. The molecule has 65 heavy (non-hydrogen) atoms. The average molecular weight is 1000 g/mol. The number of rotatable bonds is 32. The summed E-state index contributed by atoms with van der Waals surface area (Å²) in [5, 5.41) is 26.6. The summed E-state index contributed by atoms with van der Waals surface area (Å²) < 4.78 is 62.4. The number of allylic oxidation sites excluding steroid dienone is 2. The Labute approximate surface area is 381 Å². The molecule has 0 bridgehead atoms. The predicted molar refractivity (Wildman–Crippen MR) is 237 cm³/mol. The molecule has 0 radical (unpaired) electrons. The summed E-state index contributed by atoms with van der Waals surface area (Å²) >= 11 is 1.15. The summed E-state index contributed by atoms with van der Waals surface area (Å²) in [4.78, 5) is 88.2. The van der Waals surface area contributed by atoms with Crippen molar-refractivity contribution in [3.8, 4) is 0 Å². The van der Waals surface area contributed by atoms with Crippen molar-refractivity contribution in [1.82, 2.24) is 30.2 Å². The fourth-order valence-electron chi connectivity index (χ4n) is 6.35. The van der Waals surface area contributed by atoms with Gasteiger partial charge in [0.05, 0.1) is 19.5 Å². The number of nitrogens with zero attached hydrogens (tertiary/aromatic N) is 4. The first-order valence-electron chi connectivity index (χ1n) is 21.3. The van der Waals surface area contributed by atoms with Gasteiger partial charge in [-0.15, -0.1) is 0 Å². The van der Waals surface area contributed by atoms with Gasteiger partial charge in [-0.25, -0.2) is 28.6 Å². The number of hydrogen-bond acceptors (Lipinski definition) is 18. The minimum absolute atomic E-state index is 0.0328. The molecule has 0 aliphatic carbocycles. The van der Waals surface area contributed by atoms with E-state index in [1.807, 2.05) is 0 Å². The number of phosphoric ester groups is 3. The van der Waals surface area contributed by atoms with Gasteiger partial charge in [-0.05, 0) is 32.1 Å². The van der Waals surface area contributed by atoms with Crippen molar-refractivity contribution in [2.45, 2.75) is 135 Å².